The Bertz CT molecular complexity index is 466. The lowest BCUT2D eigenvalue weighted by Crippen LogP contribution is -2.44. The lowest BCUT2D eigenvalue weighted by molar-refractivity contribution is -0.133. The van der Waals surface area contributed by atoms with Crippen molar-refractivity contribution in [3.8, 4) is 5.75 Å². The van der Waals surface area contributed by atoms with Crippen molar-refractivity contribution < 1.29 is 9.53 Å². The Hall–Kier alpha value is -1.81. The number of hydrogen-bond donors (Lipinski definition) is 1. The molecule has 1 aliphatic rings. The Morgan fingerprint density at radius 1 is 1.50 bits per heavy atom. The molecule has 0 spiro atoms. The fourth-order valence-electron chi connectivity index (χ4n) is 2.19. The zero-order valence-electron chi connectivity index (χ0n) is 11.9. The van der Waals surface area contributed by atoms with Crippen molar-refractivity contribution in [1.29, 1.82) is 0 Å². The minimum atomic E-state index is -0.480. The van der Waals surface area contributed by atoms with Crippen LogP contribution in [0.5, 0.6) is 5.75 Å². The van der Waals surface area contributed by atoms with Crippen LogP contribution in [0.1, 0.15) is 24.8 Å². The fraction of sp³-hybridized carbons (Fsp3) is 0.438. The number of ether oxygens (including phenoxy) is 1. The molecule has 1 aromatic rings. The lowest BCUT2D eigenvalue weighted by atomic mass is 10.1. The average molecular weight is 274 g/mol. The molecule has 2 N–H and O–H groups in total. The van der Waals surface area contributed by atoms with Crippen LogP contribution in [0.15, 0.2) is 36.9 Å². The molecule has 108 valence electrons. The summed E-state index contributed by atoms with van der Waals surface area (Å²) in [6.07, 6.45) is 4.36. The van der Waals surface area contributed by atoms with E-state index >= 15 is 0 Å². The second-order valence-corrected chi connectivity index (χ2v) is 5.18. The molecule has 0 aliphatic heterocycles. The van der Waals surface area contributed by atoms with Crippen LogP contribution in [0.4, 0.5) is 0 Å². The van der Waals surface area contributed by atoms with E-state index in [1.807, 2.05) is 29.2 Å². The number of methoxy groups -OCH3 is 1. The summed E-state index contributed by atoms with van der Waals surface area (Å²) >= 11 is 0. The molecular weight excluding hydrogens is 252 g/mol. The Balaban J connectivity index is 2.04. The Morgan fingerprint density at radius 2 is 2.15 bits per heavy atom. The second-order valence-electron chi connectivity index (χ2n) is 5.18. The predicted molar refractivity (Wildman–Crippen MR) is 79.4 cm³/mol. The van der Waals surface area contributed by atoms with Gasteiger partial charge in [0.05, 0.1) is 13.2 Å². The molecule has 0 saturated heterocycles. The summed E-state index contributed by atoms with van der Waals surface area (Å²) in [6, 6.07) is 7.66. The standard InChI is InChI=1S/C16H22N2O2/c1-3-4-15(17)16(19)18(13-7-8-13)11-12-5-9-14(20-2)10-6-12/h3,5-6,9-10,13,15H,1,4,7-8,11,17H2,2H3. The van der Waals surface area contributed by atoms with Crippen LogP contribution in [-0.2, 0) is 11.3 Å². The first-order chi connectivity index (χ1) is 9.65. The van der Waals surface area contributed by atoms with Crippen molar-refractivity contribution in [1.82, 2.24) is 4.90 Å². The number of rotatable bonds is 7. The number of hydrogen-bond acceptors (Lipinski definition) is 3. The van der Waals surface area contributed by atoms with E-state index < -0.39 is 6.04 Å². The highest BCUT2D eigenvalue weighted by Gasteiger charge is 2.34. The highest BCUT2D eigenvalue weighted by Crippen LogP contribution is 2.29. The summed E-state index contributed by atoms with van der Waals surface area (Å²) in [5, 5.41) is 0. The van der Waals surface area contributed by atoms with Crippen LogP contribution < -0.4 is 10.5 Å². The van der Waals surface area contributed by atoms with Crippen molar-refractivity contribution in [3.63, 3.8) is 0 Å². The van der Waals surface area contributed by atoms with E-state index in [0.29, 0.717) is 19.0 Å². The summed E-state index contributed by atoms with van der Waals surface area (Å²) in [4.78, 5) is 14.3. The molecule has 20 heavy (non-hydrogen) atoms. The minimum Gasteiger partial charge on any atom is -0.497 e. The molecule has 1 unspecified atom stereocenters. The van der Waals surface area contributed by atoms with Crippen molar-refractivity contribution in [2.24, 2.45) is 5.73 Å². The van der Waals surface area contributed by atoms with Crippen LogP contribution in [0.25, 0.3) is 0 Å². The Morgan fingerprint density at radius 3 is 2.65 bits per heavy atom. The molecule has 0 aromatic heterocycles. The summed E-state index contributed by atoms with van der Waals surface area (Å²) in [5.41, 5.74) is 7.01. The van der Waals surface area contributed by atoms with Gasteiger partial charge in [-0.1, -0.05) is 18.2 Å². The van der Waals surface area contributed by atoms with Gasteiger partial charge in [0.1, 0.15) is 5.75 Å². The van der Waals surface area contributed by atoms with Crippen LogP contribution in [0, 0.1) is 0 Å². The van der Waals surface area contributed by atoms with Crippen molar-refractivity contribution in [2.45, 2.75) is 37.9 Å². The third kappa shape index (κ3) is 3.61. The van der Waals surface area contributed by atoms with Crippen LogP contribution >= 0.6 is 0 Å². The van der Waals surface area contributed by atoms with E-state index in [9.17, 15) is 4.79 Å². The predicted octanol–water partition coefficient (Wildman–Crippen LogP) is 2.09. The molecule has 1 fully saturated rings. The SMILES string of the molecule is C=CCC(N)C(=O)N(Cc1ccc(OC)cc1)C1CC1. The second kappa shape index (κ2) is 6.57. The van der Waals surface area contributed by atoms with E-state index in [2.05, 4.69) is 6.58 Å². The van der Waals surface area contributed by atoms with E-state index in [4.69, 9.17) is 10.5 Å². The van der Waals surface area contributed by atoms with Gasteiger partial charge in [-0.2, -0.15) is 0 Å². The first-order valence-corrected chi connectivity index (χ1v) is 6.95. The molecule has 1 atom stereocenters. The number of nitrogens with two attached hydrogens (primary N) is 1. The molecule has 0 heterocycles. The molecule has 4 heteroatoms. The van der Waals surface area contributed by atoms with Gasteiger partial charge in [-0.3, -0.25) is 4.79 Å². The van der Waals surface area contributed by atoms with E-state index in [1.54, 1.807) is 13.2 Å². The third-order valence-electron chi connectivity index (χ3n) is 3.52. The first-order valence-electron chi connectivity index (χ1n) is 6.95. The van der Waals surface area contributed by atoms with Crippen molar-refractivity contribution in [3.05, 3.63) is 42.5 Å². The highest BCUT2D eigenvalue weighted by molar-refractivity contribution is 5.82. The number of nitrogens with zero attached hydrogens (tertiary/aromatic N) is 1. The monoisotopic (exact) mass is 274 g/mol. The zero-order valence-corrected chi connectivity index (χ0v) is 11.9. The molecule has 0 bridgehead atoms. The molecular formula is C16H22N2O2. The van der Waals surface area contributed by atoms with Crippen molar-refractivity contribution in [2.75, 3.05) is 7.11 Å². The van der Waals surface area contributed by atoms with E-state index in [0.717, 1.165) is 24.2 Å². The van der Waals surface area contributed by atoms with Crippen LogP contribution in [0.2, 0.25) is 0 Å². The third-order valence-corrected chi connectivity index (χ3v) is 3.52. The smallest absolute Gasteiger partial charge is 0.240 e. The van der Waals surface area contributed by atoms with Crippen LogP contribution in [-0.4, -0.2) is 30.0 Å². The summed E-state index contributed by atoms with van der Waals surface area (Å²) < 4.78 is 5.14. The van der Waals surface area contributed by atoms with Crippen LogP contribution in [0.3, 0.4) is 0 Å². The Labute approximate surface area is 120 Å². The van der Waals surface area contributed by atoms with Gasteiger partial charge < -0.3 is 15.4 Å². The first kappa shape index (κ1) is 14.6. The van der Waals surface area contributed by atoms with Gasteiger partial charge in [-0.05, 0) is 37.0 Å². The normalized spacial score (nSPS) is 15.5. The molecule has 1 aromatic carbocycles. The molecule has 1 amide bonds. The van der Waals surface area contributed by atoms with Gasteiger partial charge in [0.25, 0.3) is 0 Å². The number of benzene rings is 1. The number of carbonyl (C=O) groups is 1. The topological polar surface area (TPSA) is 55.6 Å². The van der Waals surface area contributed by atoms with Crippen molar-refractivity contribution >= 4 is 5.91 Å². The molecule has 1 aliphatic carbocycles. The van der Waals surface area contributed by atoms with Gasteiger partial charge in [0.2, 0.25) is 5.91 Å². The maximum Gasteiger partial charge on any atom is 0.240 e. The molecule has 4 nitrogen and oxygen atoms in total. The maximum absolute atomic E-state index is 12.4. The summed E-state index contributed by atoms with van der Waals surface area (Å²) in [5.74, 6) is 0.838. The summed E-state index contributed by atoms with van der Waals surface area (Å²) in [6.45, 7) is 4.25. The van der Waals surface area contributed by atoms with E-state index in [1.165, 1.54) is 0 Å². The minimum absolute atomic E-state index is 0.0169. The van der Waals surface area contributed by atoms with Gasteiger partial charge >= 0.3 is 0 Å². The van der Waals surface area contributed by atoms with E-state index in [-0.39, 0.29) is 5.91 Å². The summed E-state index contributed by atoms with van der Waals surface area (Å²) in [7, 11) is 1.64. The fourth-order valence-corrected chi connectivity index (χ4v) is 2.19. The lowest BCUT2D eigenvalue weighted by Gasteiger charge is -2.25. The average Bonchev–Trinajstić information content (AvgIpc) is 3.29. The van der Waals surface area contributed by atoms with Gasteiger partial charge in [-0.15, -0.1) is 6.58 Å². The van der Waals surface area contributed by atoms with Gasteiger partial charge in [0, 0.05) is 12.6 Å². The largest absolute Gasteiger partial charge is 0.497 e. The number of carbonyl (C=O) groups excluding carboxylic acids is 1. The zero-order chi connectivity index (χ0) is 14.5. The number of amides is 1. The molecule has 2 rings (SSSR count). The molecule has 0 radical (unpaired) electrons. The van der Waals surface area contributed by atoms with Gasteiger partial charge in [0.15, 0.2) is 0 Å². The molecule has 1 saturated carbocycles. The Kier molecular flexibility index (Phi) is 4.79. The maximum atomic E-state index is 12.4. The quantitative estimate of drug-likeness (QED) is 0.775. The van der Waals surface area contributed by atoms with Gasteiger partial charge in [-0.25, -0.2) is 0 Å². The highest BCUT2D eigenvalue weighted by atomic mass is 16.5.